The van der Waals surface area contributed by atoms with Gasteiger partial charge in [-0.15, -0.1) is 5.54 Å². The summed E-state index contributed by atoms with van der Waals surface area (Å²) in [6, 6.07) is 6.08. The maximum absolute atomic E-state index is 15.5. The zero-order chi connectivity index (χ0) is 28.4. The number of carbonyl (C=O) groups is 1. The molecule has 0 unspecified atom stereocenters. The molecule has 3 rings (SSSR count). The standard InChI is InChI=1S/C29H34F2N2O4Si/c1-16(2)38(17(3)4,18(5)6)11-10-21-24(30)9-8-19-12-20(37-15-36-7)13-22(25(19)21)28-26(31)27(32)23(14-33-28)29(34)35/h8-9,12-14,16-18H,15H2,1-7H3,(H2,32,33)(H,34,35). The number of aromatic nitrogens is 1. The molecule has 38 heavy (non-hydrogen) atoms. The van der Waals surface area contributed by atoms with E-state index in [0.29, 0.717) is 33.1 Å². The second-order valence-corrected chi connectivity index (χ2v) is 15.8. The number of nitrogens with zero attached hydrogens (tertiary/aromatic N) is 1. The number of pyridine rings is 1. The molecule has 0 amide bonds. The predicted octanol–water partition coefficient (Wildman–Crippen LogP) is 7.01. The second kappa shape index (κ2) is 11.5. The Labute approximate surface area is 223 Å². The van der Waals surface area contributed by atoms with Crippen LogP contribution in [-0.4, -0.2) is 38.0 Å². The lowest BCUT2D eigenvalue weighted by atomic mass is 9.95. The van der Waals surface area contributed by atoms with Crippen molar-refractivity contribution in [3.8, 4) is 28.5 Å². The van der Waals surface area contributed by atoms with Gasteiger partial charge in [-0.1, -0.05) is 53.5 Å². The monoisotopic (exact) mass is 540 g/mol. The number of ether oxygens (including phenoxy) is 2. The number of rotatable bonds is 8. The number of carboxylic acid groups (broad SMARTS) is 1. The number of fused-ring (bicyclic) bond motifs is 1. The average molecular weight is 541 g/mol. The van der Waals surface area contributed by atoms with Crippen LogP contribution >= 0.6 is 0 Å². The Balaban J connectivity index is 2.44. The van der Waals surface area contributed by atoms with Crippen LogP contribution in [0, 0.1) is 23.1 Å². The van der Waals surface area contributed by atoms with Crippen molar-refractivity contribution in [1.82, 2.24) is 4.98 Å². The van der Waals surface area contributed by atoms with E-state index in [1.807, 2.05) is 0 Å². The largest absolute Gasteiger partial charge is 0.478 e. The molecule has 0 aliphatic heterocycles. The van der Waals surface area contributed by atoms with Crippen LogP contribution in [0.25, 0.3) is 22.0 Å². The van der Waals surface area contributed by atoms with Gasteiger partial charge in [0.2, 0.25) is 0 Å². The van der Waals surface area contributed by atoms with Gasteiger partial charge in [-0.25, -0.2) is 13.6 Å². The molecule has 0 atom stereocenters. The van der Waals surface area contributed by atoms with E-state index in [-0.39, 0.29) is 23.6 Å². The number of aromatic carboxylic acids is 1. The number of nitrogen functional groups attached to an aromatic ring is 1. The zero-order valence-corrected chi connectivity index (χ0v) is 23.8. The van der Waals surface area contributed by atoms with Crippen molar-refractivity contribution in [2.24, 2.45) is 0 Å². The maximum atomic E-state index is 15.5. The number of halogens is 2. The molecule has 0 bridgehead atoms. The molecule has 0 fully saturated rings. The Hall–Kier alpha value is -3.48. The van der Waals surface area contributed by atoms with E-state index in [1.165, 1.54) is 19.2 Å². The lowest BCUT2D eigenvalue weighted by Crippen LogP contribution is -2.43. The SMILES string of the molecule is COCOc1cc(-c2ncc(C(=O)O)c(N)c2F)c2c(C#C[Si](C(C)C)(C(C)C)C(C)C)c(F)ccc2c1. The summed E-state index contributed by atoms with van der Waals surface area (Å²) in [6.45, 7) is 12.9. The first kappa shape index (κ1) is 29.1. The first-order chi connectivity index (χ1) is 17.9. The lowest BCUT2D eigenvalue weighted by molar-refractivity contribution is 0.0512. The molecule has 0 aliphatic rings. The molecule has 0 saturated carbocycles. The Morgan fingerprint density at radius 3 is 2.29 bits per heavy atom. The van der Waals surface area contributed by atoms with Crippen LogP contribution in [-0.2, 0) is 4.74 Å². The molecule has 1 heterocycles. The highest BCUT2D eigenvalue weighted by atomic mass is 28.3. The highest BCUT2D eigenvalue weighted by Gasteiger charge is 2.41. The molecule has 202 valence electrons. The minimum atomic E-state index is -2.23. The van der Waals surface area contributed by atoms with Crippen LogP contribution in [0.4, 0.5) is 14.5 Å². The first-order valence-corrected chi connectivity index (χ1v) is 14.7. The molecule has 0 aliphatic carbocycles. The van der Waals surface area contributed by atoms with Crippen LogP contribution in [0.15, 0.2) is 30.5 Å². The van der Waals surface area contributed by atoms with E-state index in [4.69, 9.17) is 15.2 Å². The van der Waals surface area contributed by atoms with Gasteiger partial charge in [0.25, 0.3) is 0 Å². The van der Waals surface area contributed by atoms with Crippen molar-refractivity contribution < 1.29 is 28.2 Å². The Morgan fingerprint density at radius 2 is 1.74 bits per heavy atom. The molecular weight excluding hydrogens is 506 g/mol. The molecule has 6 nitrogen and oxygen atoms in total. The van der Waals surface area contributed by atoms with Gasteiger partial charge in [-0.05, 0) is 40.2 Å². The Bertz CT molecular complexity index is 1410. The summed E-state index contributed by atoms with van der Waals surface area (Å²) < 4.78 is 41.6. The smallest absolute Gasteiger partial charge is 0.339 e. The molecule has 0 saturated heterocycles. The van der Waals surface area contributed by atoms with Gasteiger partial charge in [0.05, 0.1) is 11.3 Å². The number of carboxylic acids is 1. The summed E-state index contributed by atoms with van der Waals surface area (Å²) in [5.74, 6) is 0.529. The van der Waals surface area contributed by atoms with Crippen LogP contribution in [0.3, 0.4) is 0 Å². The van der Waals surface area contributed by atoms with Gasteiger partial charge in [0, 0.05) is 24.3 Å². The highest BCUT2D eigenvalue weighted by Crippen LogP contribution is 2.42. The van der Waals surface area contributed by atoms with Crippen molar-refractivity contribution in [3.63, 3.8) is 0 Å². The van der Waals surface area contributed by atoms with E-state index in [0.717, 1.165) is 6.20 Å². The summed E-state index contributed by atoms with van der Waals surface area (Å²) in [6.07, 6.45) is 0.990. The summed E-state index contributed by atoms with van der Waals surface area (Å²) in [5, 5.41) is 10.2. The van der Waals surface area contributed by atoms with E-state index in [1.54, 1.807) is 12.1 Å². The normalized spacial score (nSPS) is 11.8. The molecule has 2 aromatic carbocycles. The Morgan fingerprint density at radius 1 is 1.11 bits per heavy atom. The van der Waals surface area contributed by atoms with Gasteiger partial charge in [0.15, 0.2) is 12.6 Å². The third-order valence-corrected chi connectivity index (χ3v) is 13.5. The molecular formula is C29H34F2N2O4Si. The summed E-state index contributed by atoms with van der Waals surface area (Å²) in [4.78, 5) is 15.5. The van der Waals surface area contributed by atoms with Gasteiger partial charge in [0.1, 0.15) is 30.9 Å². The molecule has 0 spiro atoms. The minimum Gasteiger partial charge on any atom is -0.478 e. The van der Waals surface area contributed by atoms with Gasteiger partial charge >= 0.3 is 5.97 Å². The van der Waals surface area contributed by atoms with Gasteiger partial charge in [-0.2, -0.15) is 0 Å². The molecule has 1 aromatic heterocycles. The summed E-state index contributed by atoms with van der Waals surface area (Å²) in [7, 11) is -0.766. The van der Waals surface area contributed by atoms with Gasteiger partial charge in [-0.3, -0.25) is 4.98 Å². The van der Waals surface area contributed by atoms with Crippen molar-refractivity contribution in [2.45, 2.75) is 58.2 Å². The number of benzene rings is 2. The number of hydrogen-bond acceptors (Lipinski definition) is 5. The molecule has 3 N–H and O–H groups in total. The second-order valence-electron chi connectivity index (χ2n) is 10.2. The fraction of sp³-hybridized carbons (Fsp3) is 0.379. The minimum absolute atomic E-state index is 0.0694. The number of hydrogen-bond donors (Lipinski definition) is 2. The fourth-order valence-electron chi connectivity index (χ4n) is 5.40. The third-order valence-electron chi connectivity index (χ3n) is 7.20. The fourth-order valence-corrected chi connectivity index (χ4v) is 10.6. The van der Waals surface area contributed by atoms with Crippen molar-refractivity contribution in [1.29, 1.82) is 0 Å². The lowest BCUT2D eigenvalue weighted by Gasteiger charge is -2.38. The molecule has 3 aromatic rings. The number of nitrogens with two attached hydrogens (primary N) is 1. The maximum Gasteiger partial charge on any atom is 0.339 e. The third kappa shape index (κ3) is 5.24. The number of methoxy groups -OCH3 is 1. The van der Waals surface area contributed by atoms with Crippen LogP contribution < -0.4 is 10.5 Å². The quantitative estimate of drug-likeness (QED) is 0.181. The van der Waals surface area contributed by atoms with Gasteiger partial charge < -0.3 is 20.3 Å². The van der Waals surface area contributed by atoms with Crippen molar-refractivity contribution in [3.05, 3.63) is 53.2 Å². The van der Waals surface area contributed by atoms with Crippen molar-refractivity contribution in [2.75, 3.05) is 19.6 Å². The van der Waals surface area contributed by atoms with Crippen LogP contribution in [0.5, 0.6) is 5.75 Å². The summed E-state index contributed by atoms with van der Waals surface area (Å²) >= 11 is 0. The molecule has 0 radical (unpaired) electrons. The van der Waals surface area contributed by atoms with E-state index >= 15 is 8.78 Å². The average Bonchev–Trinajstić information content (AvgIpc) is 2.84. The summed E-state index contributed by atoms with van der Waals surface area (Å²) in [5.41, 5.74) is 9.39. The molecule has 9 heteroatoms. The van der Waals surface area contributed by atoms with Crippen molar-refractivity contribution >= 4 is 30.5 Å². The first-order valence-electron chi connectivity index (χ1n) is 12.5. The Kier molecular flexibility index (Phi) is 8.80. The van der Waals surface area contributed by atoms with E-state index in [9.17, 15) is 9.90 Å². The highest BCUT2D eigenvalue weighted by molar-refractivity contribution is 6.90. The van der Waals surface area contributed by atoms with Crippen LogP contribution in [0.2, 0.25) is 16.6 Å². The predicted molar refractivity (Wildman–Crippen MR) is 149 cm³/mol. The van der Waals surface area contributed by atoms with E-state index < -0.39 is 36.9 Å². The van der Waals surface area contributed by atoms with Crippen LogP contribution in [0.1, 0.15) is 57.5 Å². The topological polar surface area (TPSA) is 94.7 Å². The zero-order valence-electron chi connectivity index (χ0n) is 22.8. The number of anilines is 1. The van der Waals surface area contributed by atoms with E-state index in [2.05, 4.69) is 58.0 Å².